The Morgan fingerprint density at radius 2 is 2.25 bits per heavy atom. The second-order valence-corrected chi connectivity index (χ2v) is 7.24. The summed E-state index contributed by atoms with van der Waals surface area (Å²) < 4.78 is 1.86. The predicted octanol–water partition coefficient (Wildman–Crippen LogP) is 2.96. The number of aliphatic hydroxyl groups excluding tert-OH is 1. The van der Waals surface area contributed by atoms with Gasteiger partial charge < -0.3 is 10.0 Å². The number of hydrogen-bond acceptors (Lipinski definition) is 3. The van der Waals surface area contributed by atoms with Crippen LogP contribution in [0.5, 0.6) is 0 Å². The fourth-order valence-corrected chi connectivity index (χ4v) is 3.52. The molecule has 1 fully saturated rings. The molecule has 1 heterocycles. The number of halogens is 1. The molecule has 1 saturated carbocycles. The van der Waals surface area contributed by atoms with E-state index in [1.165, 1.54) is 6.42 Å². The number of aliphatic hydroxyl groups is 1. The van der Waals surface area contributed by atoms with Crippen molar-refractivity contribution in [2.75, 3.05) is 20.6 Å². The molecule has 0 spiro atoms. The van der Waals surface area contributed by atoms with Crippen molar-refractivity contribution < 1.29 is 5.11 Å². The number of aromatic nitrogens is 2. The van der Waals surface area contributed by atoms with E-state index in [4.69, 9.17) is 11.6 Å². The van der Waals surface area contributed by atoms with E-state index in [2.05, 4.69) is 23.8 Å². The zero-order valence-electron chi connectivity index (χ0n) is 12.9. The summed E-state index contributed by atoms with van der Waals surface area (Å²) in [5.74, 6) is 0.259. The second-order valence-electron chi connectivity index (χ2n) is 6.84. The minimum Gasteiger partial charge on any atom is -0.386 e. The van der Waals surface area contributed by atoms with Crippen LogP contribution in [0.4, 0.5) is 0 Å². The third kappa shape index (κ3) is 3.18. The molecule has 1 aromatic rings. The summed E-state index contributed by atoms with van der Waals surface area (Å²) in [6.45, 7) is 6.11. The van der Waals surface area contributed by atoms with Gasteiger partial charge in [0.2, 0.25) is 0 Å². The van der Waals surface area contributed by atoms with E-state index in [9.17, 15) is 5.11 Å². The lowest BCUT2D eigenvalue weighted by Gasteiger charge is -2.31. The van der Waals surface area contributed by atoms with Crippen LogP contribution in [0.15, 0.2) is 6.20 Å². The molecule has 20 heavy (non-hydrogen) atoms. The van der Waals surface area contributed by atoms with Crippen LogP contribution in [0.2, 0.25) is 5.02 Å². The Morgan fingerprint density at radius 1 is 1.55 bits per heavy atom. The van der Waals surface area contributed by atoms with Crippen molar-refractivity contribution in [1.29, 1.82) is 0 Å². The van der Waals surface area contributed by atoms with E-state index in [1.54, 1.807) is 6.20 Å². The highest BCUT2D eigenvalue weighted by Crippen LogP contribution is 2.49. The standard InChI is InChI=1S/C15H26ClN3O/c1-15(2)7-5-6-11(15)14(20)13-12(16)10-17-19(13)9-8-18(3)4/h10-11,14,20H,5-9H2,1-4H3. The molecule has 5 heteroatoms. The third-order valence-corrected chi connectivity index (χ3v) is 4.88. The molecule has 2 rings (SSSR count). The van der Waals surface area contributed by atoms with Gasteiger partial charge in [0, 0.05) is 6.54 Å². The van der Waals surface area contributed by atoms with Crippen LogP contribution in [-0.4, -0.2) is 40.4 Å². The monoisotopic (exact) mass is 299 g/mol. The molecule has 0 saturated heterocycles. The topological polar surface area (TPSA) is 41.3 Å². The molecular weight excluding hydrogens is 274 g/mol. The quantitative estimate of drug-likeness (QED) is 0.909. The van der Waals surface area contributed by atoms with Gasteiger partial charge >= 0.3 is 0 Å². The Bertz CT molecular complexity index is 456. The Morgan fingerprint density at radius 3 is 2.80 bits per heavy atom. The molecule has 114 valence electrons. The van der Waals surface area contributed by atoms with Gasteiger partial charge in [-0.1, -0.05) is 31.9 Å². The molecule has 1 aliphatic rings. The lowest BCUT2D eigenvalue weighted by molar-refractivity contribution is 0.0461. The summed E-state index contributed by atoms with van der Waals surface area (Å²) in [5, 5.41) is 15.7. The van der Waals surface area contributed by atoms with Gasteiger partial charge in [0.15, 0.2) is 0 Å². The van der Waals surface area contributed by atoms with Gasteiger partial charge in [-0.15, -0.1) is 0 Å². The van der Waals surface area contributed by atoms with E-state index in [0.717, 1.165) is 31.6 Å². The Labute approximate surface area is 126 Å². The van der Waals surface area contributed by atoms with Crippen molar-refractivity contribution in [3.63, 3.8) is 0 Å². The average molecular weight is 300 g/mol. The summed E-state index contributed by atoms with van der Waals surface area (Å²) in [4.78, 5) is 2.10. The highest BCUT2D eigenvalue weighted by atomic mass is 35.5. The van der Waals surface area contributed by atoms with Gasteiger partial charge in [-0.25, -0.2) is 0 Å². The maximum Gasteiger partial charge on any atom is 0.100 e. The van der Waals surface area contributed by atoms with E-state index in [-0.39, 0.29) is 11.3 Å². The first-order valence-corrected chi connectivity index (χ1v) is 7.74. The van der Waals surface area contributed by atoms with Gasteiger partial charge in [-0.05, 0) is 38.3 Å². The van der Waals surface area contributed by atoms with Crippen LogP contribution in [0.3, 0.4) is 0 Å². The third-order valence-electron chi connectivity index (χ3n) is 4.59. The molecule has 4 nitrogen and oxygen atoms in total. The second kappa shape index (κ2) is 6.04. The zero-order chi connectivity index (χ0) is 14.9. The van der Waals surface area contributed by atoms with Crippen LogP contribution in [0.25, 0.3) is 0 Å². The molecule has 0 bridgehead atoms. The first kappa shape index (κ1) is 15.8. The molecule has 1 N–H and O–H groups in total. The SMILES string of the molecule is CN(C)CCn1ncc(Cl)c1C(O)C1CCCC1(C)C. The minimum atomic E-state index is -0.523. The Balaban J connectivity index is 2.21. The fraction of sp³-hybridized carbons (Fsp3) is 0.800. The number of nitrogens with zero attached hydrogens (tertiary/aromatic N) is 3. The molecule has 2 atom stereocenters. The molecule has 0 radical (unpaired) electrons. The van der Waals surface area contributed by atoms with Crippen LogP contribution in [0, 0.1) is 11.3 Å². The average Bonchev–Trinajstić information content (AvgIpc) is 2.88. The van der Waals surface area contributed by atoms with Crippen molar-refractivity contribution in [1.82, 2.24) is 14.7 Å². The van der Waals surface area contributed by atoms with Crippen LogP contribution in [-0.2, 0) is 6.54 Å². The summed E-state index contributed by atoms with van der Waals surface area (Å²) in [7, 11) is 4.06. The summed E-state index contributed by atoms with van der Waals surface area (Å²) >= 11 is 6.27. The fourth-order valence-electron chi connectivity index (χ4n) is 3.27. The van der Waals surface area contributed by atoms with E-state index < -0.39 is 6.10 Å². The van der Waals surface area contributed by atoms with Crippen LogP contribution in [0.1, 0.15) is 44.9 Å². The highest BCUT2D eigenvalue weighted by Gasteiger charge is 2.41. The maximum absolute atomic E-state index is 10.8. The molecular formula is C15H26ClN3O. The number of hydrogen-bond donors (Lipinski definition) is 1. The van der Waals surface area contributed by atoms with Gasteiger partial charge in [0.1, 0.15) is 6.10 Å². The molecule has 1 aliphatic carbocycles. The lowest BCUT2D eigenvalue weighted by Crippen LogP contribution is -2.27. The van der Waals surface area contributed by atoms with E-state index in [1.807, 2.05) is 18.8 Å². The van der Waals surface area contributed by atoms with Gasteiger partial charge in [0.05, 0.1) is 23.5 Å². The normalized spacial score (nSPS) is 23.4. The first-order valence-electron chi connectivity index (χ1n) is 7.37. The Kier molecular flexibility index (Phi) is 4.77. The van der Waals surface area contributed by atoms with E-state index >= 15 is 0 Å². The number of likely N-dealkylation sites (N-methyl/N-ethyl adjacent to an activating group) is 1. The smallest absolute Gasteiger partial charge is 0.100 e. The predicted molar refractivity (Wildman–Crippen MR) is 81.9 cm³/mol. The van der Waals surface area contributed by atoms with Gasteiger partial charge in [-0.2, -0.15) is 5.10 Å². The molecule has 1 aromatic heterocycles. The van der Waals surface area contributed by atoms with Crippen molar-refractivity contribution >= 4 is 11.6 Å². The summed E-state index contributed by atoms with van der Waals surface area (Å²) in [6, 6.07) is 0. The highest BCUT2D eigenvalue weighted by molar-refractivity contribution is 6.31. The van der Waals surface area contributed by atoms with Crippen LogP contribution < -0.4 is 0 Å². The van der Waals surface area contributed by atoms with E-state index in [0.29, 0.717) is 5.02 Å². The summed E-state index contributed by atoms with van der Waals surface area (Å²) in [6.07, 6.45) is 4.53. The molecule has 2 unspecified atom stereocenters. The first-order chi connectivity index (χ1) is 9.33. The largest absolute Gasteiger partial charge is 0.386 e. The maximum atomic E-state index is 10.8. The van der Waals surface area contributed by atoms with Crippen LogP contribution >= 0.6 is 11.6 Å². The van der Waals surface area contributed by atoms with Crippen molar-refractivity contribution in [2.45, 2.75) is 45.8 Å². The molecule has 0 amide bonds. The molecule has 0 aromatic carbocycles. The lowest BCUT2D eigenvalue weighted by atomic mass is 9.78. The Hall–Kier alpha value is -0.580. The summed E-state index contributed by atoms with van der Waals surface area (Å²) in [5.41, 5.74) is 0.952. The number of rotatable bonds is 5. The zero-order valence-corrected chi connectivity index (χ0v) is 13.7. The minimum absolute atomic E-state index is 0.166. The van der Waals surface area contributed by atoms with Crippen molar-refractivity contribution in [3.05, 3.63) is 16.9 Å². The molecule has 0 aliphatic heterocycles. The van der Waals surface area contributed by atoms with Gasteiger partial charge in [0.25, 0.3) is 0 Å². The van der Waals surface area contributed by atoms with Crippen molar-refractivity contribution in [2.24, 2.45) is 11.3 Å². The van der Waals surface area contributed by atoms with Crippen molar-refractivity contribution in [3.8, 4) is 0 Å². The van der Waals surface area contributed by atoms with Gasteiger partial charge in [-0.3, -0.25) is 4.68 Å².